The van der Waals surface area contributed by atoms with Crippen LogP contribution in [0.3, 0.4) is 0 Å². The highest BCUT2D eigenvalue weighted by Crippen LogP contribution is 2.13. The Kier molecular flexibility index (Phi) is 13.9. The molecule has 5 heteroatoms. The number of carbonyl (C=O) groups excluding carboxylic acids is 1. The Morgan fingerprint density at radius 1 is 1.17 bits per heavy atom. The van der Waals surface area contributed by atoms with Gasteiger partial charge in [-0.05, 0) is 19.8 Å². The highest BCUT2D eigenvalue weighted by molar-refractivity contribution is 6.21. The van der Waals surface area contributed by atoms with Gasteiger partial charge in [0.15, 0.2) is 0 Å². The van der Waals surface area contributed by atoms with Gasteiger partial charge >= 0.3 is 5.91 Å². The molecule has 3 nitrogen and oxygen atoms in total. The van der Waals surface area contributed by atoms with Crippen LogP contribution >= 0.6 is 11.6 Å². The van der Waals surface area contributed by atoms with Gasteiger partial charge in [-0.25, -0.2) is 4.79 Å². The van der Waals surface area contributed by atoms with Crippen LogP contribution in [0.15, 0.2) is 0 Å². The molecule has 0 aromatic heterocycles. The molecule has 0 saturated heterocycles. The SMILES string of the molecule is CC(O)CCCCCCC(Cl)CC(=O)[NH+](C)C.[Cl-]. The minimum absolute atomic E-state index is 0. The van der Waals surface area contributed by atoms with Crippen LogP contribution in [0, 0.1) is 0 Å². The van der Waals surface area contributed by atoms with Gasteiger partial charge in [0, 0.05) is 5.38 Å². The summed E-state index contributed by atoms with van der Waals surface area (Å²) in [6.45, 7) is 1.82. The fraction of sp³-hybridized carbons (Fsp3) is 0.923. The number of halogens is 2. The fourth-order valence-corrected chi connectivity index (χ4v) is 1.96. The van der Waals surface area contributed by atoms with Gasteiger partial charge in [0.1, 0.15) is 0 Å². The third-order valence-electron chi connectivity index (χ3n) is 2.85. The normalized spacial score (nSPS) is 14.1. The molecule has 0 spiro atoms. The second-order valence-corrected chi connectivity index (χ2v) is 5.68. The molecule has 0 saturated carbocycles. The largest absolute Gasteiger partial charge is 1.00 e. The molecule has 0 bridgehead atoms. The zero-order chi connectivity index (χ0) is 13.3. The van der Waals surface area contributed by atoms with Crippen molar-refractivity contribution in [2.45, 2.75) is 63.4 Å². The van der Waals surface area contributed by atoms with Gasteiger partial charge < -0.3 is 17.5 Å². The molecule has 0 radical (unpaired) electrons. The summed E-state index contributed by atoms with van der Waals surface area (Å²) in [5.41, 5.74) is 0. The van der Waals surface area contributed by atoms with Crippen molar-refractivity contribution in [1.29, 1.82) is 0 Å². The van der Waals surface area contributed by atoms with Crippen LogP contribution in [-0.2, 0) is 4.79 Å². The first kappa shape index (κ1) is 20.5. The summed E-state index contributed by atoms with van der Waals surface area (Å²) in [6, 6.07) is 0. The third kappa shape index (κ3) is 12.6. The van der Waals surface area contributed by atoms with Crippen LogP contribution in [0.1, 0.15) is 51.9 Å². The zero-order valence-electron chi connectivity index (χ0n) is 11.7. The monoisotopic (exact) mass is 299 g/mol. The second kappa shape index (κ2) is 12.2. The fourth-order valence-electron chi connectivity index (χ4n) is 1.67. The molecule has 110 valence electrons. The van der Waals surface area contributed by atoms with Crippen LogP contribution in [0.5, 0.6) is 0 Å². The number of hydrogen-bond acceptors (Lipinski definition) is 2. The number of nitrogens with one attached hydrogen (secondary N) is 1. The van der Waals surface area contributed by atoms with E-state index in [2.05, 4.69) is 0 Å². The van der Waals surface area contributed by atoms with Crippen molar-refractivity contribution < 1.29 is 27.2 Å². The van der Waals surface area contributed by atoms with E-state index in [-0.39, 0.29) is 29.8 Å². The van der Waals surface area contributed by atoms with E-state index in [9.17, 15) is 4.79 Å². The quantitative estimate of drug-likeness (QED) is 0.397. The predicted octanol–water partition coefficient (Wildman–Crippen LogP) is -1.62. The van der Waals surface area contributed by atoms with Crippen molar-refractivity contribution in [3.63, 3.8) is 0 Å². The number of quaternary nitrogens is 1. The number of rotatable bonds is 9. The standard InChI is InChI=1S/C13H26ClNO2.ClH/c1-11(16)8-6-4-5-7-9-12(14)10-13(17)15(2)3;/h11-12,16H,4-10H2,1-3H3;1H. The summed E-state index contributed by atoms with van der Waals surface area (Å²) in [6.07, 6.45) is 6.51. The lowest BCUT2D eigenvalue weighted by atomic mass is 10.1. The third-order valence-corrected chi connectivity index (χ3v) is 3.23. The van der Waals surface area contributed by atoms with E-state index in [4.69, 9.17) is 16.7 Å². The summed E-state index contributed by atoms with van der Waals surface area (Å²) in [5.74, 6) is 0.180. The Labute approximate surface area is 122 Å². The van der Waals surface area contributed by atoms with Crippen molar-refractivity contribution >= 4 is 17.5 Å². The van der Waals surface area contributed by atoms with E-state index in [0.717, 1.165) is 43.4 Å². The topological polar surface area (TPSA) is 41.7 Å². The van der Waals surface area contributed by atoms with Gasteiger partial charge in [-0.15, -0.1) is 11.6 Å². The van der Waals surface area contributed by atoms with Gasteiger partial charge in [0.25, 0.3) is 0 Å². The van der Waals surface area contributed by atoms with Crippen molar-refractivity contribution in [1.82, 2.24) is 0 Å². The molecule has 2 N–H and O–H groups in total. The lowest BCUT2D eigenvalue weighted by Gasteiger charge is -2.10. The first-order valence-corrected chi connectivity index (χ1v) is 7.02. The number of unbranched alkanes of at least 4 members (excludes halogenated alkanes) is 3. The van der Waals surface area contributed by atoms with Crippen molar-refractivity contribution in [2.75, 3.05) is 14.1 Å². The molecule has 1 amide bonds. The van der Waals surface area contributed by atoms with Gasteiger partial charge in [-0.2, -0.15) is 0 Å². The number of aliphatic hydroxyl groups is 1. The lowest BCUT2D eigenvalue weighted by Crippen LogP contribution is -3.08. The Balaban J connectivity index is 0. The maximum absolute atomic E-state index is 11.4. The van der Waals surface area contributed by atoms with Gasteiger partial charge in [0.05, 0.1) is 26.6 Å². The van der Waals surface area contributed by atoms with E-state index >= 15 is 0 Å². The summed E-state index contributed by atoms with van der Waals surface area (Å²) in [5, 5.41) is 9.07. The zero-order valence-corrected chi connectivity index (χ0v) is 13.2. The molecular weight excluding hydrogens is 273 g/mol. The Morgan fingerprint density at radius 3 is 2.11 bits per heavy atom. The Hall–Kier alpha value is 0.170. The Bertz CT molecular complexity index is 211. The molecule has 0 aromatic rings. The highest BCUT2D eigenvalue weighted by Gasteiger charge is 2.15. The van der Waals surface area contributed by atoms with Crippen molar-refractivity contribution in [3.05, 3.63) is 0 Å². The molecule has 0 aliphatic carbocycles. The van der Waals surface area contributed by atoms with Crippen LogP contribution in [0.25, 0.3) is 0 Å². The second-order valence-electron chi connectivity index (χ2n) is 5.07. The number of amides is 1. The number of carbonyl (C=O) groups is 1. The van der Waals surface area contributed by atoms with Crippen molar-refractivity contribution in [2.24, 2.45) is 0 Å². The van der Waals surface area contributed by atoms with E-state index in [1.54, 1.807) is 0 Å². The van der Waals surface area contributed by atoms with Crippen molar-refractivity contribution in [3.8, 4) is 0 Å². The maximum Gasteiger partial charge on any atom is 0.313 e. The molecular formula is C13H27Cl2NO2. The molecule has 0 aliphatic rings. The molecule has 18 heavy (non-hydrogen) atoms. The summed E-state index contributed by atoms with van der Waals surface area (Å²) >= 11 is 6.11. The van der Waals surface area contributed by atoms with Crippen LogP contribution in [0.4, 0.5) is 0 Å². The van der Waals surface area contributed by atoms with Gasteiger partial charge in [-0.3, -0.25) is 4.90 Å². The van der Waals surface area contributed by atoms with E-state index in [0.29, 0.717) is 6.42 Å². The minimum Gasteiger partial charge on any atom is -1.00 e. The van der Waals surface area contributed by atoms with E-state index in [1.807, 2.05) is 21.0 Å². The average Bonchev–Trinajstić information content (AvgIpc) is 2.22. The molecule has 2 unspecified atom stereocenters. The van der Waals surface area contributed by atoms with E-state index in [1.165, 1.54) is 0 Å². The first-order valence-electron chi connectivity index (χ1n) is 6.59. The lowest BCUT2D eigenvalue weighted by molar-refractivity contribution is -0.775. The van der Waals surface area contributed by atoms with Crippen LogP contribution in [-0.4, -0.2) is 36.6 Å². The van der Waals surface area contributed by atoms with Gasteiger partial charge in [0.2, 0.25) is 0 Å². The molecule has 0 aliphatic heterocycles. The smallest absolute Gasteiger partial charge is 0.313 e. The number of hydrogen-bond donors (Lipinski definition) is 2. The average molecular weight is 300 g/mol. The highest BCUT2D eigenvalue weighted by atomic mass is 35.5. The summed E-state index contributed by atoms with van der Waals surface area (Å²) in [7, 11) is 3.67. The van der Waals surface area contributed by atoms with Crippen LogP contribution < -0.4 is 17.3 Å². The summed E-state index contributed by atoms with van der Waals surface area (Å²) < 4.78 is 0. The predicted molar refractivity (Wildman–Crippen MR) is 71.5 cm³/mol. The minimum atomic E-state index is -0.184. The summed E-state index contributed by atoms with van der Waals surface area (Å²) in [4.78, 5) is 12.3. The van der Waals surface area contributed by atoms with Crippen LogP contribution in [0.2, 0.25) is 0 Å². The maximum atomic E-state index is 11.4. The Morgan fingerprint density at radius 2 is 1.67 bits per heavy atom. The van der Waals surface area contributed by atoms with Gasteiger partial charge in [-0.1, -0.05) is 25.7 Å². The molecule has 0 fully saturated rings. The molecule has 0 rings (SSSR count). The molecule has 0 heterocycles. The van der Waals surface area contributed by atoms with E-state index < -0.39 is 0 Å². The number of alkyl halides is 1. The first-order chi connectivity index (χ1) is 7.93. The number of aliphatic hydroxyl groups excluding tert-OH is 1. The molecule has 0 aromatic carbocycles. The molecule has 2 atom stereocenters.